The van der Waals surface area contributed by atoms with Crippen LogP contribution in [0.1, 0.15) is 51.2 Å². The van der Waals surface area contributed by atoms with E-state index in [1.54, 1.807) is 7.11 Å². The summed E-state index contributed by atoms with van der Waals surface area (Å²) in [5.41, 5.74) is 2.28. The summed E-state index contributed by atoms with van der Waals surface area (Å²) in [6.07, 6.45) is 4.73. The van der Waals surface area contributed by atoms with E-state index >= 15 is 0 Å². The molecule has 1 aromatic carbocycles. The van der Waals surface area contributed by atoms with E-state index < -0.39 is 0 Å². The predicted octanol–water partition coefficient (Wildman–Crippen LogP) is 3.57. The average molecular weight is 516 g/mol. The molecule has 7 heteroatoms. The number of hydrogen-bond acceptors (Lipinski definition) is 4. The molecule has 2 N–H and O–H groups in total. The zero-order valence-electron chi connectivity index (χ0n) is 18.3. The Balaban J connectivity index is 0.00000300. The van der Waals surface area contributed by atoms with E-state index in [-0.39, 0.29) is 30.1 Å². The molecule has 164 valence electrons. The van der Waals surface area contributed by atoms with E-state index in [4.69, 9.17) is 14.5 Å². The molecule has 1 fully saturated rings. The van der Waals surface area contributed by atoms with Crippen LogP contribution in [0.25, 0.3) is 0 Å². The minimum absolute atomic E-state index is 0. The second kappa shape index (κ2) is 11.8. The first-order chi connectivity index (χ1) is 13.6. The molecule has 1 saturated heterocycles. The standard InChI is InChI=1S/C22H36N4O2.HI/c1-5-9-26-10-7-19(8-11-26)25-22(23-6-2)24-15-18-14-21-17(12-16(3)28-21)13-20(18)27-4;/h13-14,16,19H,5-12,15H2,1-4H3,(H2,23,24,25);1H. The molecule has 0 amide bonds. The first-order valence-electron chi connectivity index (χ1n) is 10.8. The van der Waals surface area contributed by atoms with Gasteiger partial charge in [0.25, 0.3) is 0 Å². The van der Waals surface area contributed by atoms with Crippen molar-refractivity contribution in [3.63, 3.8) is 0 Å². The van der Waals surface area contributed by atoms with Gasteiger partial charge in [-0.3, -0.25) is 0 Å². The topological polar surface area (TPSA) is 58.1 Å². The molecule has 29 heavy (non-hydrogen) atoms. The van der Waals surface area contributed by atoms with Gasteiger partial charge in [0.1, 0.15) is 17.6 Å². The number of fused-ring (bicyclic) bond motifs is 1. The lowest BCUT2D eigenvalue weighted by atomic mass is 10.1. The molecule has 1 aromatic rings. The van der Waals surface area contributed by atoms with E-state index in [1.807, 2.05) is 0 Å². The Bertz CT molecular complexity index is 675. The van der Waals surface area contributed by atoms with Crippen LogP contribution in [0.3, 0.4) is 0 Å². The summed E-state index contributed by atoms with van der Waals surface area (Å²) < 4.78 is 11.5. The highest BCUT2D eigenvalue weighted by Crippen LogP contribution is 2.35. The fourth-order valence-electron chi connectivity index (χ4n) is 4.09. The second-order valence-corrected chi connectivity index (χ2v) is 7.86. The lowest BCUT2D eigenvalue weighted by Gasteiger charge is -2.32. The van der Waals surface area contributed by atoms with Gasteiger partial charge in [0, 0.05) is 43.2 Å². The molecule has 2 aliphatic rings. The second-order valence-electron chi connectivity index (χ2n) is 7.86. The van der Waals surface area contributed by atoms with Gasteiger partial charge in [-0.15, -0.1) is 24.0 Å². The lowest BCUT2D eigenvalue weighted by Crippen LogP contribution is -2.48. The SMILES string of the molecule is CCCN1CCC(NC(=NCc2cc3c(cc2OC)CC(C)O3)NCC)CC1.I. The van der Waals surface area contributed by atoms with Crippen LogP contribution in [0.4, 0.5) is 0 Å². The summed E-state index contributed by atoms with van der Waals surface area (Å²) in [6, 6.07) is 4.68. The molecule has 6 nitrogen and oxygen atoms in total. The zero-order valence-corrected chi connectivity index (χ0v) is 20.6. The number of benzene rings is 1. The largest absolute Gasteiger partial charge is 0.496 e. The van der Waals surface area contributed by atoms with Crippen LogP contribution in [0.2, 0.25) is 0 Å². The average Bonchev–Trinajstić information content (AvgIpc) is 3.06. The van der Waals surface area contributed by atoms with Crippen molar-refractivity contribution in [3.05, 3.63) is 23.3 Å². The maximum atomic E-state index is 5.91. The summed E-state index contributed by atoms with van der Waals surface area (Å²) in [5.74, 6) is 2.75. The van der Waals surface area contributed by atoms with Gasteiger partial charge >= 0.3 is 0 Å². The number of nitrogens with one attached hydrogen (secondary N) is 2. The third-order valence-electron chi connectivity index (χ3n) is 5.52. The molecule has 3 rings (SSSR count). The molecule has 1 atom stereocenters. The van der Waals surface area contributed by atoms with Crippen LogP contribution in [0, 0.1) is 0 Å². The summed E-state index contributed by atoms with van der Waals surface area (Å²) >= 11 is 0. The fraction of sp³-hybridized carbons (Fsp3) is 0.682. The number of ether oxygens (including phenoxy) is 2. The molecule has 0 saturated carbocycles. The maximum Gasteiger partial charge on any atom is 0.191 e. The molecular formula is C22H37IN4O2. The molecule has 0 aliphatic carbocycles. The van der Waals surface area contributed by atoms with Crippen LogP contribution in [0.15, 0.2) is 17.1 Å². The number of likely N-dealkylation sites (tertiary alicyclic amines) is 1. The number of nitrogens with zero attached hydrogens (tertiary/aromatic N) is 2. The Morgan fingerprint density at radius 3 is 2.69 bits per heavy atom. The molecule has 2 heterocycles. The van der Waals surface area contributed by atoms with E-state index in [9.17, 15) is 0 Å². The predicted molar refractivity (Wildman–Crippen MR) is 130 cm³/mol. The van der Waals surface area contributed by atoms with Gasteiger partial charge in [-0.25, -0.2) is 4.99 Å². The molecule has 1 unspecified atom stereocenters. The van der Waals surface area contributed by atoms with Gasteiger partial charge < -0.3 is 25.0 Å². The van der Waals surface area contributed by atoms with Gasteiger partial charge in [-0.2, -0.15) is 0 Å². The Morgan fingerprint density at radius 2 is 2.03 bits per heavy atom. The maximum absolute atomic E-state index is 5.91. The van der Waals surface area contributed by atoms with Crippen molar-refractivity contribution in [2.24, 2.45) is 4.99 Å². The van der Waals surface area contributed by atoms with Crippen molar-refractivity contribution >= 4 is 29.9 Å². The minimum Gasteiger partial charge on any atom is -0.496 e. The van der Waals surface area contributed by atoms with Crippen LogP contribution in [-0.4, -0.2) is 56.3 Å². The van der Waals surface area contributed by atoms with Gasteiger partial charge in [-0.1, -0.05) is 6.92 Å². The van der Waals surface area contributed by atoms with Crippen LogP contribution in [0.5, 0.6) is 11.5 Å². The smallest absolute Gasteiger partial charge is 0.191 e. The number of aliphatic imine (C=N–C) groups is 1. The summed E-state index contributed by atoms with van der Waals surface area (Å²) in [4.78, 5) is 7.39. The normalized spacial score (nSPS) is 19.9. The van der Waals surface area contributed by atoms with Crippen LogP contribution < -0.4 is 20.1 Å². The highest BCUT2D eigenvalue weighted by Gasteiger charge is 2.22. The van der Waals surface area contributed by atoms with E-state index in [1.165, 1.54) is 31.6 Å². The number of piperidine rings is 1. The van der Waals surface area contributed by atoms with Crippen LogP contribution in [-0.2, 0) is 13.0 Å². The molecule has 0 radical (unpaired) electrons. The molecule has 0 bridgehead atoms. The van der Waals surface area contributed by atoms with Crippen molar-refractivity contribution in [2.45, 2.75) is 65.1 Å². The van der Waals surface area contributed by atoms with Crippen molar-refractivity contribution in [1.82, 2.24) is 15.5 Å². The van der Waals surface area contributed by atoms with Gasteiger partial charge in [0.2, 0.25) is 0 Å². The molecular weight excluding hydrogens is 479 g/mol. The number of rotatable bonds is 7. The van der Waals surface area contributed by atoms with E-state index in [2.05, 4.69) is 48.4 Å². The van der Waals surface area contributed by atoms with Gasteiger partial charge in [0.15, 0.2) is 5.96 Å². The van der Waals surface area contributed by atoms with Gasteiger partial charge in [0.05, 0.1) is 13.7 Å². The Morgan fingerprint density at radius 1 is 1.28 bits per heavy atom. The number of guanidine groups is 1. The van der Waals surface area contributed by atoms with Crippen molar-refractivity contribution < 1.29 is 9.47 Å². The molecule has 0 spiro atoms. The summed E-state index contributed by atoms with van der Waals surface area (Å²) in [5, 5.41) is 7.01. The van der Waals surface area contributed by atoms with E-state index in [0.29, 0.717) is 12.6 Å². The first kappa shape index (κ1) is 24.1. The summed E-state index contributed by atoms with van der Waals surface area (Å²) in [7, 11) is 1.72. The minimum atomic E-state index is 0. The van der Waals surface area contributed by atoms with E-state index in [0.717, 1.165) is 48.8 Å². The number of methoxy groups -OCH3 is 1. The van der Waals surface area contributed by atoms with Crippen molar-refractivity contribution in [1.29, 1.82) is 0 Å². The lowest BCUT2D eigenvalue weighted by molar-refractivity contribution is 0.206. The summed E-state index contributed by atoms with van der Waals surface area (Å²) in [6.45, 7) is 11.4. The van der Waals surface area contributed by atoms with Crippen molar-refractivity contribution in [2.75, 3.05) is 33.3 Å². The zero-order chi connectivity index (χ0) is 19.9. The Hall–Kier alpha value is -1.22. The quantitative estimate of drug-likeness (QED) is 0.330. The Labute approximate surface area is 192 Å². The third kappa shape index (κ3) is 6.64. The van der Waals surface area contributed by atoms with Crippen molar-refractivity contribution in [3.8, 4) is 11.5 Å². The number of halogens is 1. The molecule has 2 aliphatic heterocycles. The highest BCUT2D eigenvalue weighted by molar-refractivity contribution is 14.0. The monoisotopic (exact) mass is 516 g/mol. The first-order valence-corrected chi connectivity index (χ1v) is 10.8. The Kier molecular flexibility index (Phi) is 9.82. The van der Waals surface area contributed by atoms with Gasteiger partial charge in [-0.05, 0) is 51.8 Å². The number of hydrogen-bond donors (Lipinski definition) is 2. The third-order valence-corrected chi connectivity index (χ3v) is 5.52. The fourth-order valence-corrected chi connectivity index (χ4v) is 4.09. The molecule has 0 aromatic heterocycles. The van der Waals surface area contributed by atoms with Crippen LogP contribution >= 0.6 is 24.0 Å². The highest BCUT2D eigenvalue weighted by atomic mass is 127.